The van der Waals surface area contributed by atoms with E-state index in [1.807, 2.05) is 27.7 Å². The van der Waals surface area contributed by atoms with Gasteiger partial charge in [-0.3, -0.25) is 0 Å². The summed E-state index contributed by atoms with van der Waals surface area (Å²) in [6.45, 7) is 7.81. The topological polar surface area (TPSA) is 12.4 Å². The van der Waals surface area contributed by atoms with Crippen LogP contribution in [0.1, 0.15) is 34.1 Å². The smallest absolute Gasteiger partial charge is 0.130 e. The molecule has 3 heteroatoms. The third-order valence-corrected chi connectivity index (χ3v) is 2.14. The van der Waals surface area contributed by atoms with E-state index in [2.05, 4.69) is 4.99 Å². The van der Waals surface area contributed by atoms with E-state index >= 15 is 0 Å². The molecule has 0 aromatic heterocycles. The van der Waals surface area contributed by atoms with Gasteiger partial charge in [0.2, 0.25) is 0 Å². The van der Waals surface area contributed by atoms with E-state index in [0.717, 1.165) is 17.7 Å². The zero-order chi connectivity index (χ0) is 10.4. The Bertz CT molecular complexity index is 258. The standard InChI is InChI=1S/C10H15Cl2N/c1-5-8(4)9(11)6-10(12)13-7(2)3/h6H,5H2,1-4H3. The summed E-state index contributed by atoms with van der Waals surface area (Å²) in [6.07, 6.45) is 2.60. The summed E-state index contributed by atoms with van der Waals surface area (Å²) in [6, 6.07) is 0. The predicted octanol–water partition coefficient (Wildman–Crippen LogP) is 4.47. The Balaban J connectivity index is 4.67. The average Bonchev–Trinajstić information content (AvgIpc) is 2.01. The molecule has 0 unspecified atom stereocenters. The van der Waals surface area contributed by atoms with Crippen molar-refractivity contribution in [2.75, 3.05) is 0 Å². The highest BCUT2D eigenvalue weighted by Gasteiger charge is 1.95. The molecule has 0 atom stereocenters. The van der Waals surface area contributed by atoms with Crippen LogP contribution in [0.25, 0.3) is 0 Å². The molecule has 74 valence electrons. The van der Waals surface area contributed by atoms with E-state index in [1.54, 1.807) is 6.08 Å². The van der Waals surface area contributed by atoms with Gasteiger partial charge in [-0.25, -0.2) is 4.99 Å². The van der Waals surface area contributed by atoms with Crippen molar-refractivity contribution < 1.29 is 0 Å². The first kappa shape index (κ1) is 12.7. The zero-order valence-corrected chi connectivity index (χ0v) is 10.00. The fourth-order valence-electron chi connectivity index (χ4n) is 0.643. The van der Waals surface area contributed by atoms with E-state index in [-0.39, 0.29) is 0 Å². The number of allylic oxidation sites excluding steroid dienone is 3. The molecule has 0 aliphatic heterocycles. The van der Waals surface area contributed by atoms with Crippen LogP contribution in [-0.4, -0.2) is 5.71 Å². The minimum atomic E-state index is 0.429. The van der Waals surface area contributed by atoms with Gasteiger partial charge < -0.3 is 0 Å². The van der Waals surface area contributed by atoms with Crippen molar-refractivity contribution in [1.82, 2.24) is 0 Å². The summed E-state index contributed by atoms with van der Waals surface area (Å²) in [7, 11) is 0. The van der Waals surface area contributed by atoms with Gasteiger partial charge in [0, 0.05) is 10.7 Å². The van der Waals surface area contributed by atoms with Gasteiger partial charge in [-0.15, -0.1) is 0 Å². The summed E-state index contributed by atoms with van der Waals surface area (Å²) < 4.78 is 0. The van der Waals surface area contributed by atoms with E-state index in [9.17, 15) is 0 Å². The van der Waals surface area contributed by atoms with Gasteiger partial charge in [0.05, 0.1) is 0 Å². The van der Waals surface area contributed by atoms with Crippen molar-refractivity contribution in [2.45, 2.75) is 34.1 Å². The summed E-state index contributed by atoms with van der Waals surface area (Å²) in [4.78, 5) is 4.06. The molecule has 0 heterocycles. The lowest BCUT2D eigenvalue weighted by molar-refractivity contribution is 1.09. The maximum absolute atomic E-state index is 5.96. The summed E-state index contributed by atoms with van der Waals surface area (Å²) in [5.74, 6) is 0. The predicted molar refractivity (Wildman–Crippen MR) is 61.6 cm³/mol. The number of rotatable bonds is 3. The molecular formula is C10H15Cl2N. The highest BCUT2D eigenvalue weighted by Crippen LogP contribution is 2.17. The van der Waals surface area contributed by atoms with Crippen molar-refractivity contribution in [3.63, 3.8) is 0 Å². The van der Waals surface area contributed by atoms with Crippen LogP contribution in [0, 0.1) is 0 Å². The van der Waals surface area contributed by atoms with E-state index < -0.39 is 0 Å². The molecule has 0 aliphatic carbocycles. The van der Waals surface area contributed by atoms with Crippen LogP contribution in [0.15, 0.2) is 26.8 Å². The Morgan fingerprint density at radius 2 is 1.77 bits per heavy atom. The first-order chi connectivity index (χ1) is 5.97. The molecule has 0 radical (unpaired) electrons. The largest absolute Gasteiger partial charge is 0.246 e. The van der Waals surface area contributed by atoms with Gasteiger partial charge in [-0.2, -0.15) is 0 Å². The Morgan fingerprint density at radius 1 is 1.23 bits per heavy atom. The normalized spacial score (nSPS) is 13.8. The molecule has 0 bridgehead atoms. The number of halogens is 2. The second kappa shape index (κ2) is 6.22. The van der Waals surface area contributed by atoms with Crippen LogP contribution in [0.5, 0.6) is 0 Å². The van der Waals surface area contributed by atoms with Crippen molar-refractivity contribution in [1.29, 1.82) is 0 Å². The van der Waals surface area contributed by atoms with Gasteiger partial charge in [0.15, 0.2) is 0 Å². The number of nitrogens with zero attached hydrogens (tertiary/aromatic N) is 1. The maximum atomic E-state index is 5.96. The second-order valence-electron chi connectivity index (χ2n) is 3.01. The van der Waals surface area contributed by atoms with E-state index in [4.69, 9.17) is 23.2 Å². The van der Waals surface area contributed by atoms with Gasteiger partial charge in [0.25, 0.3) is 0 Å². The minimum Gasteiger partial charge on any atom is -0.246 e. The molecule has 0 fully saturated rings. The third kappa shape index (κ3) is 5.89. The Labute approximate surface area is 90.1 Å². The summed E-state index contributed by atoms with van der Waals surface area (Å²) >= 11 is 11.8. The lowest BCUT2D eigenvalue weighted by Gasteiger charge is -1.97. The molecule has 13 heavy (non-hydrogen) atoms. The average molecular weight is 220 g/mol. The molecule has 0 spiro atoms. The fraction of sp³-hybridized carbons (Fsp3) is 0.500. The highest BCUT2D eigenvalue weighted by molar-refractivity contribution is 6.34. The van der Waals surface area contributed by atoms with Crippen LogP contribution in [0.3, 0.4) is 0 Å². The van der Waals surface area contributed by atoms with Gasteiger partial charge in [-0.05, 0) is 33.3 Å². The monoisotopic (exact) mass is 219 g/mol. The van der Waals surface area contributed by atoms with Crippen LogP contribution in [-0.2, 0) is 0 Å². The van der Waals surface area contributed by atoms with Crippen molar-refractivity contribution in [3.05, 3.63) is 21.8 Å². The molecule has 0 saturated heterocycles. The number of hydrogen-bond donors (Lipinski definition) is 0. The van der Waals surface area contributed by atoms with Gasteiger partial charge in [-0.1, -0.05) is 35.7 Å². The Hall–Kier alpha value is -0.270. The SMILES string of the molecule is CCC(C)=C(Cl)C=C(Cl)N=C(C)C. The first-order valence-electron chi connectivity index (χ1n) is 4.21. The minimum absolute atomic E-state index is 0.429. The second-order valence-corrected chi connectivity index (χ2v) is 3.80. The van der Waals surface area contributed by atoms with Crippen LogP contribution < -0.4 is 0 Å². The third-order valence-electron chi connectivity index (χ3n) is 1.51. The molecule has 0 aliphatic rings. The van der Waals surface area contributed by atoms with Crippen LogP contribution in [0.4, 0.5) is 0 Å². The van der Waals surface area contributed by atoms with Gasteiger partial charge >= 0.3 is 0 Å². The van der Waals surface area contributed by atoms with Crippen LogP contribution >= 0.6 is 23.2 Å². The van der Waals surface area contributed by atoms with Crippen molar-refractivity contribution in [3.8, 4) is 0 Å². The van der Waals surface area contributed by atoms with Gasteiger partial charge in [0.1, 0.15) is 5.16 Å². The summed E-state index contributed by atoms with van der Waals surface area (Å²) in [5.41, 5.74) is 2.03. The maximum Gasteiger partial charge on any atom is 0.130 e. The Kier molecular flexibility index (Phi) is 6.10. The molecule has 1 nitrogen and oxygen atoms in total. The lowest BCUT2D eigenvalue weighted by Crippen LogP contribution is -1.81. The highest BCUT2D eigenvalue weighted by atomic mass is 35.5. The fourth-order valence-corrected chi connectivity index (χ4v) is 1.21. The van der Waals surface area contributed by atoms with E-state index in [0.29, 0.717) is 10.2 Å². The molecule has 0 amide bonds. The molecule has 0 N–H and O–H groups in total. The molecular weight excluding hydrogens is 205 g/mol. The molecule has 0 rings (SSSR count). The molecule has 0 aromatic carbocycles. The number of aliphatic imine (C=N–C) groups is 1. The van der Waals surface area contributed by atoms with Crippen molar-refractivity contribution >= 4 is 28.9 Å². The van der Waals surface area contributed by atoms with Crippen molar-refractivity contribution in [2.24, 2.45) is 4.99 Å². The Morgan fingerprint density at radius 3 is 2.15 bits per heavy atom. The lowest BCUT2D eigenvalue weighted by atomic mass is 10.2. The van der Waals surface area contributed by atoms with Crippen LogP contribution in [0.2, 0.25) is 0 Å². The molecule has 0 aromatic rings. The van der Waals surface area contributed by atoms with E-state index in [1.165, 1.54) is 0 Å². The first-order valence-corrected chi connectivity index (χ1v) is 4.97. The zero-order valence-electron chi connectivity index (χ0n) is 8.49. The summed E-state index contributed by atoms with van der Waals surface area (Å²) in [5, 5.41) is 1.11. The quantitative estimate of drug-likeness (QED) is 0.378. The molecule has 0 saturated carbocycles. The number of hydrogen-bond acceptors (Lipinski definition) is 1.